The zero-order valence-corrected chi connectivity index (χ0v) is 11.9. The van der Waals surface area contributed by atoms with Crippen molar-refractivity contribution in [3.63, 3.8) is 0 Å². The van der Waals surface area contributed by atoms with Gasteiger partial charge in [0.15, 0.2) is 0 Å². The molecule has 1 aliphatic rings. The van der Waals surface area contributed by atoms with E-state index in [9.17, 15) is 13.2 Å². The summed E-state index contributed by atoms with van der Waals surface area (Å²) in [5.74, 6) is 0. The Morgan fingerprint density at radius 3 is 2.55 bits per heavy atom. The van der Waals surface area contributed by atoms with Crippen LogP contribution in [0.4, 0.5) is 18.9 Å². The lowest BCUT2D eigenvalue weighted by atomic mass is 10.1. The third-order valence-electron chi connectivity index (χ3n) is 4.16. The summed E-state index contributed by atoms with van der Waals surface area (Å²) in [5.41, 5.74) is 6.48. The van der Waals surface area contributed by atoms with Crippen LogP contribution in [-0.4, -0.2) is 12.1 Å². The van der Waals surface area contributed by atoms with E-state index in [1.807, 2.05) is 0 Å². The van der Waals surface area contributed by atoms with Crippen LogP contribution in [0.1, 0.15) is 44.2 Å². The number of nitrogens with zero attached hydrogens (tertiary/aromatic N) is 1. The van der Waals surface area contributed by atoms with E-state index in [0.29, 0.717) is 17.6 Å². The van der Waals surface area contributed by atoms with E-state index in [0.717, 1.165) is 31.0 Å². The van der Waals surface area contributed by atoms with Gasteiger partial charge in [0.25, 0.3) is 0 Å². The maximum absolute atomic E-state index is 12.8. The monoisotopic (exact) mass is 286 g/mol. The lowest BCUT2D eigenvalue weighted by Gasteiger charge is -2.32. The summed E-state index contributed by atoms with van der Waals surface area (Å²) < 4.78 is 38.3. The summed E-state index contributed by atoms with van der Waals surface area (Å²) in [7, 11) is 0. The van der Waals surface area contributed by atoms with Gasteiger partial charge in [-0.3, -0.25) is 0 Å². The molecule has 20 heavy (non-hydrogen) atoms. The van der Waals surface area contributed by atoms with Gasteiger partial charge in [0.05, 0.1) is 5.56 Å². The Bertz CT molecular complexity index is 471. The number of nitrogens with two attached hydrogens (primary N) is 1. The van der Waals surface area contributed by atoms with Crippen LogP contribution < -0.4 is 10.6 Å². The highest BCUT2D eigenvalue weighted by Crippen LogP contribution is 2.37. The lowest BCUT2D eigenvalue weighted by Crippen LogP contribution is -2.35. The van der Waals surface area contributed by atoms with Gasteiger partial charge in [-0.2, -0.15) is 13.2 Å². The molecule has 2 N–H and O–H groups in total. The second-order valence-electron chi connectivity index (χ2n) is 5.44. The molecule has 5 heteroatoms. The Morgan fingerprint density at radius 2 is 2.00 bits per heavy atom. The van der Waals surface area contributed by atoms with Crippen molar-refractivity contribution in [1.29, 1.82) is 0 Å². The van der Waals surface area contributed by atoms with Crippen molar-refractivity contribution in [2.75, 3.05) is 4.90 Å². The molecule has 1 saturated heterocycles. The van der Waals surface area contributed by atoms with Gasteiger partial charge in [-0.15, -0.1) is 0 Å². The molecule has 1 aromatic carbocycles. The molecule has 2 atom stereocenters. The second kappa shape index (κ2) is 5.64. The van der Waals surface area contributed by atoms with Crippen LogP contribution in [0.5, 0.6) is 0 Å². The lowest BCUT2D eigenvalue weighted by molar-refractivity contribution is -0.137. The summed E-state index contributed by atoms with van der Waals surface area (Å²) in [6.45, 7) is 4.36. The normalized spacial score (nSPS) is 23.4. The zero-order chi connectivity index (χ0) is 14.9. The molecule has 1 fully saturated rings. The van der Waals surface area contributed by atoms with E-state index < -0.39 is 11.7 Å². The van der Waals surface area contributed by atoms with Gasteiger partial charge in [0.1, 0.15) is 0 Å². The quantitative estimate of drug-likeness (QED) is 0.912. The van der Waals surface area contributed by atoms with E-state index in [1.165, 1.54) is 6.07 Å². The van der Waals surface area contributed by atoms with Crippen LogP contribution in [0.15, 0.2) is 18.2 Å². The van der Waals surface area contributed by atoms with Gasteiger partial charge in [0.2, 0.25) is 0 Å². The number of hydrogen-bond acceptors (Lipinski definition) is 2. The van der Waals surface area contributed by atoms with Gasteiger partial charge in [-0.25, -0.2) is 0 Å². The number of anilines is 1. The third-order valence-corrected chi connectivity index (χ3v) is 4.16. The average molecular weight is 286 g/mol. The van der Waals surface area contributed by atoms with Crippen molar-refractivity contribution in [3.8, 4) is 0 Å². The Morgan fingerprint density at radius 1 is 1.30 bits per heavy atom. The van der Waals surface area contributed by atoms with Crippen molar-refractivity contribution in [2.45, 2.75) is 57.9 Å². The number of rotatable bonds is 3. The summed E-state index contributed by atoms with van der Waals surface area (Å²) >= 11 is 0. The maximum Gasteiger partial charge on any atom is 0.416 e. The van der Waals surface area contributed by atoms with E-state index in [1.54, 1.807) is 6.07 Å². The highest BCUT2D eigenvalue weighted by atomic mass is 19.4. The van der Waals surface area contributed by atoms with Gasteiger partial charge in [-0.05, 0) is 49.9 Å². The molecule has 1 aromatic rings. The van der Waals surface area contributed by atoms with Crippen molar-refractivity contribution >= 4 is 5.69 Å². The topological polar surface area (TPSA) is 29.3 Å². The summed E-state index contributed by atoms with van der Waals surface area (Å²) in [6.07, 6.45) is -1.16. The first-order valence-corrected chi connectivity index (χ1v) is 7.07. The predicted molar refractivity (Wildman–Crippen MR) is 74.6 cm³/mol. The molecule has 2 rings (SSSR count). The molecule has 0 radical (unpaired) electrons. The molecule has 2 unspecified atom stereocenters. The van der Waals surface area contributed by atoms with Crippen LogP contribution in [0.2, 0.25) is 0 Å². The highest BCUT2D eigenvalue weighted by molar-refractivity contribution is 5.57. The Labute approximate surface area is 117 Å². The van der Waals surface area contributed by atoms with E-state index in [-0.39, 0.29) is 6.54 Å². The van der Waals surface area contributed by atoms with Crippen LogP contribution in [-0.2, 0) is 12.7 Å². The number of halogens is 3. The Balaban J connectivity index is 2.41. The molecule has 112 valence electrons. The van der Waals surface area contributed by atoms with Gasteiger partial charge >= 0.3 is 6.18 Å². The minimum absolute atomic E-state index is 0.124. The molecule has 0 aliphatic carbocycles. The van der Waals surface area contributed by atoms with E-state index in [2.05, 4.69) is 18.7 Å². The molecular weight excluding hydrogens is 265 g/mol. The van der Waals surface area contributed by atoms with E-state index >= 15 is 0 Å². The molecule has 0 saturated carbocycles. The largest absolute Gasteiger partial charge is 0.416 e. The van der Waals surface area contributed by atoms with Gasteiger partial charge in [0, 0.05) is 24.3 Å². The maximum atomic E-state index is 12.8. The van der Waals surface area contributed by atoms with Crippen molar-refractivity contribution in [2.24, 2.45) is 5.73 Å². The average Bonchev–Trinajstić information content (AvgIpc) is 2.77. The molecule has 2 nitrogen and oxygen atoms in total. The van der Waals surface area contributed by atoms with Crippen LogP contribution in [0.3, 0.4) is 0 Å². The third kappa shape index (κ3) is 2.77. The van der Waals surface area contributed by atoms with E-state index in [4.69, 9.17) is 5.73 Å². The zero-order valence-electron chi connectivity index (χ0n) is 11.9. The molecule has 0 spiro atoms. The standard InChI is InChI=1S/C15H21F3N2/c1-3-13-6-4-10(2)20(13)14-7-5-12(15(16,17)18)8-11(14)9-19/h5,7-8,10,13H,3-4,6,9,19H2,1-2H3. The Kier molecular flexibility index (Phi) is 4.28. The smallest absolute Gasteiger partial charge is 0.366 e. The molecule has 0 aromatic heterocycles. The van der Waals surface area contributed by atoms with Crippen LogP contribution in [0.25, 0.3) is 0 Å². The van der Waals surface area contributed by atoms with Crippen LogP contribution >= 0.6 is 0 Å². The molecule has 1 heterocycles. The fraction of sp³-hybridized carbons (Fsp3) is 0.600. The summed E-state index contributed by atoms with van der Waals surface area (Å²) in [5, 5.41) is 0. The van der Waals surface area contributed by atoms with Gasteiger partial charge < -0.3 is 10.6 Å². The predicted octanol–water partition coefficient (Wildman–Crippen LogP) is 3.93. The fourth-order valence-electron chi connectivity index (χ4n) is 3.08. The first-order valence-electron chi connectivity index (χ1n) is 7.07. The first-order chi connectivity index (χ1) is 9.38. The van der Waals surface area contributed by atoms with Crippen LogP contribution in [0, 0.1) is 0 Å². The summed E-state index contributed by atoms with van der Waals surface area (Å²) in [4.78, 5) is 2.24. The molecule has 0 amide bonds. The second-order valence-corrected chi connectivity index (χ2v) is 5.44. The first kappa shape index (κ1) is 15.2. The molecular formula is C15H21F3N2. The molecule has 1 aliphatic heterocycles. The SMILES string of the molecule is CCC1CCC(C)N1c1ccc(C(F)(F)F)cc1CN. The number of benzene rings is 1. The minimum atomic E-state index is -4.32. The van der Waals surface area contributed by atoms with Gasteiger partial charge in [-0.1, -0.05) is 6.92 Å². The minimum Gasteiger partial charge on any atom is -0.366 e. The summed E-state index contributed by atoms with van der Waals surface area (Å²) in [6, 6.07) is 4.67. The number of alkyl halides is 3. The van der Waals surface area contributed by atoms with Crippen molar-refractivity contribution < 1.29 is 13.2 Å². The van der Waals surface area contributed by atoms with Crippen molar-refractivity contribution in [1.82, 2.24) is 0 Å². The fourth-order valence-corrected chi connectivity index (χ4v) is 3.08. The van der Waals surface area contributed by atoms with Crippen molar-refractivity contribution in [3.05, 3.63) is 29.3 Å². The highest BCUT2D eigenvalue weighted by Gasteiger charge is 2.34. The number of hydrogen-bond donors (Lipinski definition) is 1. The Hall–Kier alpha value is -1.23. The molecule has 0 bridgehead atoms.